The lowest BCUT2D eigenvalue weighted by Crippen LogP contribution is -2.48. The van der Waals surface area contributed by atoms with Gasteiger partial charge in [-0.15, -0.1) is 0 Å². The fourth-order valence-corrected chi connectivity index (χ4v) is 5.05. The van der Waals surface area contributed by atoms with Crippen molar-refractivity contribution in [3.05, 3.63) is 107 Å². The minimum Gasteiger partial charge on any atom is -0.373 e. The molecule has 2 heterocycles. The smallest absolute Gasteiger partial charge is 0.255 e. The minimum absolute atomic E-state index is 0.0178. The third kappa shape index (κ3) is 7.13. The van der Waals surface area contributed by atoms with Gasteiger partial charge in [-0.3, -0.25) is 9.59 Å². The summed E-state index contributed by atoms with van der Waals surface area (Å²) in [7, 11) is 0. The van der Waals surface area contributed by atoms with E-state index in [2.05, 4.69) is 36.1 Å². The number of hydrogen-bond acceptors (Lipinski definition) is 7. The Morgan fingerprint density at radius 3 is 2.42 bits per heavy atom. The molecule has 3 aromatic carbocycles. The van der Waals surface area contributed by atoms with Gasteiger partial charge < -0.3 is 20.7 Å². The number of hydrogen-bond donors (Lipinski definition) is 2. The predicted molar refractivity (Wildman–Crippen MR) is 167 cm³/mol. The third-order valence-corrected chi connectivity index (χ3v) is 7.71. The SMILES string of the molecule is Cc1c(NC(=O)c2ccc(C(C)(C)C)cc2)cccc1-c1ncnc(Cc2ccc(C(=O)N3CCOC(CN)C3)cc2)n1. The van der Waals surface area contributed by atoms with Gasteiger partial charge in [0.1, 0.15) is 12.2 Å². The number of rotatable bonds is 7. The summed E-state index contributed by atoms with van der Waals surface area (Å²) in [5.74, 6) is 0.935. The molecular formula is C34H38N6O3. The zero-order valence-corrected chi connectivity index (χ0v) is 25.1. The molecule has 1 atom stereocenters. The van der Waals surface area contributed by atoms with E-state index in [1.165, 1.54) is 11.9 Å². The number of aromatic nitrogens is 3. The van der Waals surface area contributed by atoms with E-state index < -0.39 is 0 Å². The van der Waals surface area contributed by atoms with Gasteiger partial charge in [0.25, 0.3) is 11.8 Å². The Bertz CT molecular complexity index is 1600. The molecule has 1 fully saturated rings. The Labute approximate surface area is 252 Å². The van der Waals surface area contributed by atoms with Crippen molar-refractivity contribution in [1.29, 1.82) is 0 Å². The van der Waals surface area contributed by atoms with Crippen LogP contribution in [0.25, 0.3) is 11.4 Å². The molecule has 0 saturated carbocycles. The topological polar surface area (TPSA) is 123 Å². The molecule has 0 radical (unpaired) electrons. The summed E-state index contributed by atoms with van der Waals surface area (Å²) in [4.78, 5) is 41.3. The maximum absolute atomic E-state index is 13.0. The van der Waals surface area contributed by atoms with Crippen molar-refractivity contribution in [3.8, 4) is 11.4 Å². The summed E-state index contributed by atoms with van der Waals surface area (Å²) in [6, 6.07) is 20.9. The van der Waals surface area contributed by atoms with Crippen LogP contribution in [0.5, 0.6) is 0 Å². The Kier molecular flexibility index (Phi) is 8.94. The quantitative estimate of drug-likeness (QED) is 0.323. The number of ether oxygens (including phenoxy) is 1. The van der Waals surface area contributed by atoms with Crippen molar-refractivity contribution < 1.29 is 14.3 Å². The second-order valence-corrected chi connectivity index (χ2v) is 11.8. The van der Waals surface area contributed by atoms with Crippen LogP contribution >= 0.6 is 0 Å². The highest BCUT2D eigenvalue weighted by Gasteiger charge is 2.24. The van der Waals surface area contributed by atoms with Gasteiger partial charge in [0.05, 0.1) is 12.7 Å². The molecule has 0 aliphatic carbocycles. The number of anilines is 1. The number of nitrogens with zero attached hydrogens (tertiary/aromatic N) is 4. The van der Waals surface area contributed by atoms with Gasteiger partial charge in [0.15, 0.2) is 5.82 Å². The summed E-state index contributed by atoms with van der Waals surface area (Å²) in [6.07, 6.45) is 1.86. The maximum atomic E-state index is 13.0. The zero-order chi connectivity index (χ0) is 30.6. The average Bonchev–Trinajstić information content (AvgIpc) is 3.02. The van der Waals surface area contributed by atoms with E-state index in [1.807, 2.05) is 73.7 Å². The highest BCUT2D eigenvalue weighted by Crippen LogP contribution is 2.27. The molecule has 9 heteroatoms. The molecular weight excluding hydrogens is 540 g/mol. The van der Waals surface area contributed by atoms with Crippen molar-refractivity contribution in [1.82, 2.24) is 19.9 Å². The van der Waals surface area contributed by atoms with E-state index in [1.54, 1.807) is 4.90 Å². The summed E-state index contributed by atoms with van der Waals surface area (Å²) in [5, 5.41) is 3.04. The van der Waals surface area contributed by atoms with Crippen molar-refractivity contribution >= 4 is 17.5 Å². The fourth-order valence-electron chi connectivity index (χ4n) is 5.05. The van der Waals surface area contributed by atoms with Crippen LogP contribution in [-0.4, -0.2) is 64.0 Å². The Morgan fingerprint density at radius 1 is 1.00 bits per heavy atom. The molecule has 0 spiro atoms. The van der Waals surface area contributed by atoms with Gasteiger partial charge in [-0.2, -0.15) is 0 Å². The summed E-state index contributed by atoms with van der Waals surface area (Å²) >= 11 is 0. The van der Waals surface area contributed by atoms with Crippen molar-refractivity contribution in [2.45, 2.75) is 45.6 Å². The summed E-state index contributed by atoms with van der Waals surface area (Å²) < 4.78 is 5.58. The highest BCUT2D eigenvalue weighted by molar-refractivity contribution is 6.05. The van der Waals surface area contributed by atoms with Crippen LogP contribution in [-0.2, 0) is 16.6 Å². The number of nitrogens with one attached hydrogen (secondary N) is 1. The lowest BCUT2D eigenvalue weighted by atomic mass is 9.86. The van der Waals surface area contributed by atoms with Crippen molar-refractivity contribution in [3.63, 3.8) is 0 Å². The van der Waals surface area contributed by atoms with Crippen LogP contribution in [0.15, 0.2) is 73.1 Å². The van der Waals surface area contributed by atoms with Crippen LogP contribution in [0.1, 0.15) is 64.0 Å². The lowest BCUT2D eigenvalue weighted by molar-refractivity contribution is -0.0167. The molecule has 1 aliphatic rings. The third-order valence-electron chi connectivity index (χ3n) is 7.71. The highest BCUT2D eigenvalue weighted by atomic mass is 16.5. The monoisotopic (exact) mass is 578 g/mol. The number of amides is 2. The molecule has 1 saturated heterocycles. The number of nitrogens with two attached hydrogens (primary N) is 1. The first-order valence-electron chi connectivity index (χ1n) is 14.5. The van der Waals surface area contributed by atoms with Crippen LogP contribution < -0.4 is 11.1 Å². The van der Waals surface area contributed by atoms with Gasteiger partial charge >= 0.3 is 0 Å². The second kappa shape index (κ2) is 12.8. The molecule has 3 N–H and O–H groups in total. The average molecular weight is 579 g/mol. The van der Waals surface area contributed by atoms with E-state index in [-0.39, 0.29) is 23.3 Å². The van der Waals surface area contributed by atoms with Gasteiger partial charge in [0.2, 0.25) is 0 Å². The molecule has 1 unspecified atom stereocenters. The second-order valence-electron chi connectivity index (χ2n) is 11.8. The number of morpholine rings is 1. The van der Waals surface area contributed by atoms with E-state index in [9.17, 15) is 9.59 Å². The predicted octanol–water partition coefficient (Wildman–Crippen LogP) is 4.79. The lowest BCUT2D eigenvalue weighted by Gasteiger charge is -2.32. The van der Waals surface area contributed by atoms with E-state index in [4.69, 9.17) is 15.5 Å². The van der Waals surface area contributed by atoms with Crippen molar-refractivity contribution in [2.75, 3.05) is 31.6 Å². The molecule has 2 amide bonds. The number of benzene rings is 3. The first kappa shape index (κ1) is 30.0. The van der Waals surface area contributed by atoms with Crippen molar-refractivity contribution in [2.24, 2.45) is 5.73 Å². The molecule has 9 nitrogen and oxygen atoms in total. The summed E-state index contributed by atoms with van der Waals surface area (Å²) in [6.45, 7) is 10.3. The first-order valence-corrected chi connectivity index (χ1v) is 14.5. The number of carbonyl (C=O) groups excluding carboxylic acids is 2. The molecule has 43 heavy (non-hydrogen) atoms. The summed E-state index contributed by atoms with van der Waals surface area (Å²) in [5.41, 5.74) is 11.5. The molecule has 0 bridgehead atoms. The molecule has 4 aromatic rings. The zero-order valence-electron chi connectivity index (χ0n) is 25.1. The molecule has 222 valence electrons. The molecule has 1 aliphatic heterocycles. The van der Waals surface area contributed by atoms with Gasteiger partial charge in [-0.1, -0.05) is 57.2 Å². The largest absolute Gasteiger partial charge is 0.373 e. The minimum atomic E-state index is -0.174. The Balaban J connectivity index is 1.27. The normalized spacial score (nSPS) is 15.3. The van der Waals surface area contributed by atoms with E-state index in [0.717, 1.165) is 16.7 Å². The van der Waals surface area contributed by atoms with Crippen LogP contribution in [0.4, 0.5) is 5.69 Å². The molecule has 5 rings (SSSR count). The van der Waals surface area contributed by atoms with Gasteiger partial charge in [-0.25, -0.2) is 15.0 Å². The molecule has 1 aromatic heterocycles. The number of carbonyl (C=O) groups is 2. The maximum Gasteiger partial charge on any atom is 0.255 e. The van der Waals surface area contributed by atoms with Gasteiger partial charge in [0, 0.05) is 48.4 Å². The van der Waals surface area contributed by atoms with E-state index >= 15 is 0 Å². The standard InChI is InChI=1S/C34H38N6O3/c1-22-28(6-5-7-29(22)38-32(41)24-12-14-26(15-13-24)34(2,3)4)31-37-21-36-30(39-31)18-23-8-10-25(11-9-23)33(42)40-16-17-43-27(19-35)20-40/h5-15,21,27H,16-20,35H2,1-4H3,(H,38,41). The Morgan fingerprint density at radius 2 is 1.72 bits per heavy atom. The van der Waals surface area contributed by atoms with Crippen LogP contribution in [0, 0.1) is 6.92 Å². The fraction of sp³-hybridized carbons (Fsp3) is 0.324. The van der Waals surface area contributed by atoms with Crippen LogP contribution in [0.2, 0.25) is 0 Å². The van der Waals surface area contributed by atoms with E-state index in [0.29, 0.717) is 61.1 Å². The van der Waals surface area contributed by atoms with Crippen LogP contribution in [0.3, 0.4) is 0 Å². The Hall–Kier alpha value is -4.47. The first-order chi connectivity index (χ1) is 20.6. The van der Waals surface area contributed by atoms with Gasteiger partial charge in [-0.05, 0) is 59.4 Å².